The van der Waals surface area contributed by atoms with Gasteiger partial charge in [-0.05, 0) is 81.0 Å². The molecule has 8 nitrogen and oxygen atoms in total. The van der Waals surface area contributed by atoms with Gasteiger partial charge >= 0.3 is 12.4 Å². The Balaban J connectivity index is 1.18. The molecule has 2 aromatic heterocycles. The molecule has 12 heteroatoms. The van der Waals surface area contributed by atoms with Gasteiger partial charge in [-0.3, -0.25) is 4.57 Å². The summed E-state index contributed by atoms with van der Waals surface area (Å²) >= 11 is 1.44. The lowest BCUT2D eigenvalue weighted by atomic mass is 10.00. The molecule has 0 bridgehead atoms. The van der Waals surface area contributed by atoms with Crippen molar-refractivity contribution in [2.24, 2.45) is 10.9 Å². The number of carbonyl (C=O) groups excluding carboxylic acids is 1. The maximum absolute atomic E-state index is 12.8. The number of halogens is 3. The van der Waals surface area contributed by atoms with E-state index >= 15 is 0 Å². The van der Waals surface area contributed by atoms with Crippen molar-refractivity contribution in [1.29, 1.82) is 0 Å². The fourth-order valence-corrected chi connectivity index (χ4v) is 6.10. The van der Waals surface area contributed by atoms with Crippen LogP contribution in [0, 0.1) is 33.6 Å². The van der Waals surface area contributed by atoms with Crippen molar-refractivity contribution in [1.82, 2.24) is 24.6 Å². The third-order valence-electron chi connectivity index (χ3n) is 7.16. The molecule has 2 amide bonds. The second-order valence-corrected chi connectivity index (χ2v) is 11.9. The van der Waals surface area contributed by atoms with E-state index in [0.29, 0.717) is 22.9 Å². The van der Waals surface area contributed by atoms with Gasteiger partial charge in [0.05, 0.1) is 11.4 Å². The molecule has 0 aliphatic rings. The van der Waals surface area contributed by atoms with Crippen LogP contribution >= 0.6 is 11.3 Å². The lowest BCUT2D eigenvalue weighted by molar-refractivity contribution is -0.274. The van der Waals surface area contributed by atoms with Crippen molar-refractivity contribution in [2.45, 2.75) is 47.4 Å². The maximum atomic E-state index is 12.8. The van der Waals surface area contributed by atoms with E-state index in [1.54, 1.807) is 0 Å². The molecule has 0 saturated heterocycles. The number of nitrogens with one attached hydrogen (secondary N) is 1. The van der Waals surface area contributed by atoms with Crippen LogP contribution in [-0.2, 0) is 6.42 Å². The van der Waals surface area contributed by atoms with Gasteiger partial charge in [-0.15, -0.1) is 29.6 Å². The SMILES string of the molecule is Cc1cc(C)c(-n2c(C)csc2=NC(=O)NCC(C)Cc2ccc(-c3ncn(-c4ccc(OC(F)(F)F)cc4)n3)cc2)c(C)c1. The standard InChI is InChI=1S/C33H33F3N6O2S/c1-20-14-22(3)29(23(4)15-20)42-24(5)18-45-32(42)39-31(43)37-17-21(2)16-25-6-8-26(9-7-25)30-38-19-41(40-30)27-10-12-28(13-11-27)44-33(34,35)36/h6-15,18-19,21H,16-17H2,1-5H3,(H,37,43). The number of benzene rings is 3. The van der Waals surface area contributed by atoms with Gasteiger partial charge in [0.2, 0.25) is 0 Å². The summed E-state index contributed by atoms with van der Waals surface area (Å²) in [5.41, 5.74) is 7.97. The summed E-state index contributed by atoms with van der Waals surface area (Å²) < 4.78 is 44.7. The highest BCUT2D eigenvalue weighted by molar-refractivity contribution is 7.07. The molecule has 1 N–H and O–H groups in total. The monoisotopic (exact) mass is 634 g/mol. The predicted molar refractivity (Wildman–Crippen MR) is 168 cm³/mol. The van der Waals surface area contributed by atoms with Crippen LogP contribution in [0.25, 0.3) is 22.8 Å². The molecule has 0 aliphatic heterocycles. The number of thiazole rings is 1. The number of rotatable bonds is 8. The Morgan fingerprint density at radius 3 is 2.33 bits per heavy atom. The number of urea groups is 1. The van der Waals surface area contributed by atoms with E-state index in [4.69, 9.17) is 0 Å². The fraction of sp³-hybridized carbons (Fsp3) is 0.273. The van der Waals surface area contributed by atoms with E-state index in [1.165, 1.54) is 52.2 Å². The number of alkyl halides is 3. The predicted octanol–water partition coefficient (Wildman–Crippen LogP) is 7.41. The van der Waals surface area contributed by atoms with Gasteiger partial charge in [0.15, 0.2) is 10.6 Å². The van der Waals surface area contributed by atoms with Crippen LogP contribution < -0.4 is 14.9 Å². The quantitative estimate of drug-likeness (QED) is 0.193. The zero-order valence-corrected chi connectivity index (χ0v) is 26.3. The van der Waals surface area contributed by atoms with Gasteiger partial charge in [-0.25, -0.2) is 14.5 Å². The summed E-state index contributed by atoms with van der Waals surface area (Å²) in [4.78, 5) is 22.2. The van der Waals surface area contributed by atoms with Gasteiger partial charge in [-0.1, -0.05) is 48.9 Å². The first-order valence-corrected chi connectivity index (χ1v) is 15.2. The fourth-order valence-electron chi connectivity index (χ4n) is 5.24. The molecule has 0 radical (unpaired) electrons. The van der Waals surface area contributed by atoms with Gasteiger partial charge in [-0.2, -0.15) is 4.99 Å². The van der Waals surface area contributed by atoms with Gasteiger partial charge < -0.3 is 10.1 Å². The Labute approximate surface area is 262 Å². The van der Waals surface area contributed by atoms with Crippen LogP contribution in [0.1, 0.15) is 34.9 Å². The van der Waals surface area contributed by atoms with E-state index in [0.717, 1.165) is 40.1 Å². The molecule has 5 aromatic rings. The first-order valence-electron chi connectivity index (χ1n) is 14.3. The average molecular weight is 635 g/mol. The molecule has 5 rings (SSSR count). The first-order chi connectivity index (χ1) is 21.4. The van der Waals surface area contributed by atoms with Crippen molar-refractivity contribution >= 4 is 17.4 Å². The Kier molecular flexibility index (Phi) is 9.24. The maximum Gasteiger partial charge on any atom is 0.573 e. The lowest BCUT2D eigenvalue weighted by Crippen LogP contribution is -2.29. The highest BCUT2D eigenvalue weighted by atomic mass is 32.1. The summed E-state index contributed by atoms with van der Waals surface area (Å²) in [6, 6.07) is 17.1. The number of carbonyl (C=O) groups is 1. The third-order valence-corrected chi connectivity index (χ3v) is 8.10. The molecule has 45 heavy (non-hydrogen) atoms. The van der Waals surface area contributed by atoms with Gasteiger partial charge in [0.25, 0.3) is 0 Å². The average Bonchev–Trinajstić information content (AvgIpc) is 3.59. The molecule has 1 atom stereocenters. The van der Waals surface area contributed by atoms with Crippen LogP contribution in [0.3, 0.4) is 0 Å². The Morgan fingerprint density at radius 2 is 1.69 bits per heavy atom. The summed E-state index contributed by atoms with van der Waals surface area (Å²) in [5, 5.41) is 9.41. The van der Waals surface area contributed by atoms with Crippen molar-refractivity contribution in [3.63, 3.8) is 0 Å². The van der Waals surface area contributed by atoms with Crippen LogP contribution in [0.5, 0.6) is 5.75 Å². The van der Waals surface area contributed by atoms with E-state index in [2.05, 4.69) is 65.0 Å². The number of nitrogens with zero attached hydrogens (tertiary/aromatic N) is 5. The Hall–Kier alpha value is -4.71. The molecule has 0 aliphatic carbocycles. The zero-order chi connectivity index (χ0) is 32.3. The number of hydrogen-bond acceptors (Lipinski definition) is 5. The largest absolute Gasteiger partial charge is 0.573 e. The van der Waals surface area contributed by atoms with Crippen molar-refractivity contribution < 1.29 is 22.7 Å². The second-order valence-electron chi connectivity index (χ2n) is 11.1. The lowest BCUT2D eigenvalue weighted by Gasteiger charge is -2.14. The number of hydrogen-bond donors (Lipinski definition) is 1. The van der Waals surface area contributed by atoms with Crippen LogP contribution in [0.2, 0.25) is 0 Å². The molecule has 1 unspecified atom stereocenters. The highest BCUT2D eigenvalue weighted by Crippen LogP contribution is 2.25. The summed E-state index contributed by atoms with van der Waals surface area (Å²) in [5.74, 6) is 0.339. The Morgan fingerprint density at radius 1 is 1.02 bits per heavy atom. The van der Waals surface area contributed by atoms with E-state index < -0.39 is 6.36 Å². The summed E-state index contributed by atoms with van der Waals surface area (Å²) in [6.45, 7) is 10.8. The topological polar surface area (TPSA) is 86.3 Å². The molecule has 0 fully saturated rings. The van der Waals surface area contributed by atoms with Crippen molar-refractivity contribution in [2.75, 3.05) is 6.54 Å². The minimum absolute atomic E-state index is 0.162. The highest BCUT2D eigenvalue weighted by Gasteiger charge is 2.31. The minimum Gasteiger partial charge on any atom is -0.406 e. The number of amides is 2. The molecule has 3 aromatic carbocycles. The van der Waals surface area contributed by atoms with Crippen molar-refractivity contribution in [3.8, 4) is 28.5 Å². The molecular weight excluding hydrogens is 601 g/mol. The molecule has 2 heterocycles. The number of ether oxygens (including phenoxy) is 1. The number of aromatic nitrogens is 4. The molecule has 0 saturated carbocycles. The van der Waals surface area contributed by atoms with Crippen LogP contribution in [0.15, 0.2) is 77.4 Å². The molecule has 0 spiro atoms. The zero-order valence-electron chi connectivity index (χ0n) is 25.5. The normalized spacial score (nSPS) is 12.8. The van der Waals surface area contributed by atoms with Crippen molar-refractivity contribution in [3.05, 3.63) is 105 Å². The third kappa shape index (κ3) is 7.88. The summed E-state index contributed by atoms with van der Waals surface area (Å²) in [6.07, 6.45) is -2.50. The van der Waals surface area contributed by atoms with E-state index in [9.17, 15) is 18.0 Å². The second kappa shape index (κ2) is 13.1. The van der Waals surface area contributed by atoms with Crippen LogP contribution in [0.4, 0.5) is 18.0 Å². The smallest absolute Gasteiger partial charge is 0.406 e. The number of aryl methyl sites for hydroxylation is 4. The molecule has 234 valence electrons. The van der Waals surface area contributed by atoms with Crippen LogP contribution in [-0.4, -0.2) is 38.3 Å². The molecular formula is C33H33F3N6O2S. The van der Waals surface area contributed by atoms with Gasteiger partial charge in [0, 0.05) is 23.2 Å². The Bertz CT molecular complexity index is 1850. The minimum atomic E-state index is -4.75. The van der Waals surface area contributed by atoms with Gasteiger partial charge in [0.1, 0.15) is 12.1 Å². The van der Waals surface area contributed by atoms with E-state index in [1.807, 2.05) is 41.1 Å². The van der Waals surface area contributed by atoms with E-state index in [-0.39, 0.29) is 17.7 Å². The first kappa shape index (κ1) is 31.7. The summed E-state index contributed by atoms with van der Waals surface area (Å²) in [7, 11) is 0.